The molecule has 0 aromatic carbocycles. The van der Waals surface area contributed by atoms with E-state index in [1.54, 1.807) is 0 Å². The summed E-state index contributed by atoms with van der Waals surface area (Å²) < 4.78 is 4.56. The molecule has 0 spiro atoms. The Hall–Kier alpha value is -0.570. The van der Waals surface area contributed by atoms with Gasteiger partial charge in [0.15, 0.2) is 0 Å². The standard InChI is InChI=1S/C9H15ClO3/c1-2-3-4-5-6-7-13-9(12)8(10)11/h2-7H2,1H3. The Balaban J connectivity index is 3.16. The average molecular weight is 207 g/mol. The molecular weight excluding hydrogens is 192 g/mol. The molecule has 0 aromatic heterocycles. The van der Waals surface area contributed by atoms with E-state index in [9.17, 15) is 9.59 Å². The number of esters is 1. The van der Waals surface area contributed by atoms with Crippen molar-refractivity contribution >= 4 is 22.8 Å². The van der Waals surface area contributed by atoms with Crippen molar-refractivity contribution in [3.63, 3.8) is 0 Å². The number of unbranched alkanes of at least 4 members (excludes halogenated alkanes) is 4. The number of rotatable bonds is 7. The summed E-state index contributed by atoms with van der Waals surface area (Å²) in [6, 6.07) is 0. The molecule has 0 aliphatic rings. The number of hydrogen-bond donors (Lipinski definition) is 0. The normalized spacial score (nSPS) is 9.69. The molecule has 0 fully saturated rings. The van der Waals surface area contributed by atoms with Crippen LogP contribution >= 0.6 is 11.6 Å². The van der Waals surface area contributed by atoms with Crippen LogP contribution in [0.4, 0.5) is 0 Å². The van der Waals surface area contributed by atoms with Gasteiger partial charge in [0, 0.05) is 0 Å². The number of halogens is 1. The fraction of sp³-hybridized carbons (Fsp3) is 0.778. The lowest BCUT2D eigenvalue weighted by Gasteiger charge is -2.00. The first kappa shape index (κ1) is 12.4. The lowest BCUT2D eigenvalue weighted by molar-refractivity contribution is -0.150. The first-order valence-corrected chi connectivity index (χ1v) is 4.93. The molecule has 0 rings (SSSR count). The molecule has 76 valence electrons. The first-order valence-electron chi connectivity index (χ1n) is 4.55. The van der Waals surface area contributed by atoms with E-state index in [2.05, 4.69) is 11.7 Å². The fourth-order valence-electron chi connectivity index (χ4n) is 0.927. The molecule has 0 N–H and O–H groups in total. The fourth-order valence-corrected chi connectivity index (χ4v) is 0.982. The second-order valence-corrected chi connectivity index (χ2v) is 3.17. The van der Waals surface area contributed by atoms with Crippen molar-refractivity contribution in [3.8, 4) is 0 Å². The molecule has 0 radical (unpaired) electrons. The van der Waals surface area contributed by atoms with Crippen LogP contribution in [0.3, 0.4) is 0 Å². The van der Waals surface area contributed by atoms with Crippen molar-refractivity contribution in [3.05, 3.63) is 0 Å². The zero-order chi connectivity index (χ0) is 10.1. The van der Waals surface area contributed by atoms with E-state index in [0.717, 1.165) is 19.3 Å². The Bertz CT molecular complexity index is 168. The molecule has 0 aromatic rings. The molecule has 0 heterocycles. The summed E-state index contributed by atoms with van der Waals surface area (Å²) in [5.74, 6) is -0.947. The smallest absolute Gasteiger partial charge is 0.391 e. The van der Waals surface area contributed by atoms with Gasteiger partial charge >= 0.3 is 11.2 Å². The van der Waals surface area contributed by atoms with E-state index in [1.165, 1.54) is 12.8 Å². The molecule has 4 heteroatoms. The summed E-state index contributed by atoms with van der Waals surface area (Å²) in [6.45, 7) is 2.42. The van der Waals surface area contributed by atoms with Crippen LogP contribution in [0.5, 0.6) is 0 Å². The highest BCUT2D eigenvalue weighted by Crippen LogP contribution is 2.02. The molecule has 0 aliphatic heterocycles. The third-order valence-corrected chi connectivity index (χ3v) is 1.80. The van der Waals surface area contributed by atoms with Crippen LogP contribution in [0.25, 0.3) is 0 Å². The summed E-state index contributed by atoms with van der Waals surface area (Å²) in [5, 5.41) is -1.05. The van der Waals surface area contributed by atoms with E-state index >= 15 is 0 Å². The number of carbonyl (C=O) groups excluding carboxylic acids is 2. The molecule has 13 heavy (non-hydrogen) atoms. The minimum absolute atomic E-state index is 0.293. The lowest BCUT2D eigenvalue weighted by Crippen LogP contribution is -2.12. The van der Waals surface area contributed by atoms with Crippen LogP contribution in [0, 0.1) is 0 Å². The highest BCUT2D eigenvalue weighted by molar-refractivity contribution is 6.80. The molecule has 0 aliphatic carbocycles. The van der Waals surface area contributed by atoms with E-state index in [1.807, 2.05) is 0 Å². The van der Waals surface area contributed by atoms with E-state index in [0.29, 0.717) is 6.61 Å². The van der Waals surface area contributed by atoms with Gasteiger partial charge < -0.3 is 4.74 Å². The SMILES string of the molecule is CCCCCCCOC(=O)C(=O)Cl. The quantitative estimate of drug-likeness (QED) is 0.278. The molecule has 0 unspecified atom stereocenters. The Morgan fingerprint density at radius 1 is 1.15 bits per heavy atom. The largest absolute Gasteiger partial charge is 0.459 e. The Morgan fingerprint density at radius 2 is 1.77 bits per heavy atom. The molecule has 0 amide bonds. The predicted molar refractivity (Wildman–Crippen MR) is 50.6 cm³/mol. The van der Waals surface area contributed by atoms with E-state index < -0.39 is 11.2 Å². The molecule has 0 saturated heterocycles. The van der Waals surface area contributed by atoms with Crippen LogP contribution < -0.4 is 0 Å². The number of ether oxygens (including phenoxy) is 1. The van der Waals surface area contributed by atoms with E-state index in [-0.39, 0.29) is 0 Å². The number of hydrogen-bond acceptors (Lipinski definition) is 3. The second-order valence-electron chi connectivity index (χ2n) is 2.82. The van der Waals surface area contributed by atoms with Gasteiger partial charge in [-0.2, -0.15) is 0 Å². The maximum absolute atomic E-state index is 10.5. The predicted octanol–water partition coefficient (Wildman–Crippen LogP) is 2.27. The minimum Gasteiger partial charge on any atom is -0.459 e. The first-order chi connectivity index (χ1) is 6.18. The van der Waals surface area contributed by atoms with Crippen LogP contribution in [0.1, 0.15) is 39.0 Å². The Kier molecular flexibility index (Phi) is 7.69. The van der Waals surface area contributed by atoms with Gasteiger partial charge in [-0.05, 0) is 18.0 Å². The third kappa shape index (κ3) is 7.78. The summed E-state index contributed by atoms with van der Waals surface area (Å²) in [7, 11) is 0. The topological polar surface area (TPSA) is 43.4 Å². The summed E-state index contributed by atoms with van der Waals surface area (Å²) in [5.41, 5.74) is 0. The van der Waals surface area contributed by atoms with Crippen LogP contribution in [0.2, 0.25) is 0 Å². The third-order valence-electron chi connectivity index (χ3n) is 1.64. The highest BCUT2D eigenvalue weighted by atomic mass is 35.5. The maximum atomic E-state index is 10.5. The van der Waals surface area contributed by atoms with Gasteiger partial charge in [-0.15, -0.1) is 0 Å². The zero-order valence-electron chi connectivity index (χ0n) is 7.85. The summed E-state index contributed by atoms with van der Waals surface area (Å²) in [6.07, 6.45) is 5.35. The molecule has 0 saturated carbocycles. The highest BCUT2D eigenvalue weighted by Gasteiger charge is 2.10. The van der Waals surface area contributed by atoms with Crippen molar-refractivity contribution in [2.45, 2.75) is 39.0 Å². The lowest BCUT2D eigenvalue weighted by atomic mass is 10.2. The van der Waals surface area contributed by atoms with Crippen molar-refractivity contribution in [2.75, 3.05) is 6.61 Å². The van der Waals surface area contributed by atoms with Crippen molar-refractivity contribution in [1.29, 1.82) is 0 Å². The van der Waals surface area contributed by atoms with Crippen molar-refractivity contribution in [2.24, 2.45) is 0 Å². The van der Waals surface area contributed by atoms with Gasteiger partial charge in [-0.25, -0.2) is 4.79 Å². The van der Waals surface area contributed by atoms with Crippen molar-refractivity contribution in [1.82, 2.24) is 0 Å². The van der Waals surface area contributed by atoms with Gasteiger partial charge in [-0.3, -0.25) is 4.79 Å². The zero-order valence-corrected chi connectivity index (χ0v) is 8.60. The van der Waals surface area contributed by atoms with Crippen LogP contribution in [-0.2, 0) is 14.3 Å². The molecule has 3 nitrogen and oxygen atoms in total. The summed E-state index contributed by atoms with van der Waals surface area (Å²) >= 11 is 4.88. The monoisotopic (exact) mass is 206 g/mol. The van der Waals surface area contributed by atoms with Crippen LogP contribution in [0.15, 0.2) is 0 Å². The second kappa shape index (κ2) is 8.05. The van der Waals surface area contributed by atoms with Crippen molar-refractivity contribution < 1.29 is 14.3 Å². The Morgan fingerprint density at radius 3 is 2.31 bits per heavy atom. The number of carbonyl (C=O) groups is 2. The average Bonchev–Trinajstić information content (AvgIpc) is 2.10. The Labute approximate surface area is 83.4 Å². The van der Waals surface area contributed by atoms with Gasteiger partial charge in [-0.1, -0.05) is 32.6 Å². The van der Waals surface area contributed by atoms with Gasteiger partial charge in [0.1, 0.15) is 0 Å². The molecule has 0 atom stereocenters. The summed E-state index contributed by atoms with van der Waals surface area (Å²) in [4.78, 5) is 20.7. The molecule has 0 bridgehead atoms. The minimum atomic E-state index is -1.05. The molecular formula is C9H15ClO3. The van der Waals surface area contributed by atoms with Gasteiger partial charge in [0.25, 0.3) is 0 Å². The maximum Gasteiger partial charge on any atom is 0.391 e. The van der Waals surface area contributed by atoms with Gasteiger partial charge in [0.2, 0.25) is 0 Å². The van der Waals surface area contributed by atoms with Crippen LogP contribution in [-0.4, -0.2) is 17.8 Å². The van der Waals surface area contributed by atoms with E-state index in [4.69, 9.17) is 11.6 Å². The van der Waals surface area contributed by atoms with Gasteiger partial charge in [0.05, 0.1) is 6.61 Å².